The summed E-state index contributed by atoms with van der Waals surface area (Å²) >= 11 is 0. The van der Waals surface area contributed by atoms with Crippen LogP contribution in [0.5, 0.6) is 5.75 Å². The number of ether oxygens (including phenoxy) is 1. The van der Waals surface area contributed by atoms with E-state index in [4.69, 9.17) is 5.26 Å². The summed E-state index contributed by atoms with van der Waals surface area (Å²) in [6, 6.07) is 3.46. The number of carbonyl (C=O) groups excluding carboxylic acids is 1. The zero-order valence-electron chi connectivity index (χ0n) is 7.88. The number of benzene rings is 1. The molecule has 15 heavy (non-hydrogen) atoms. The summed E-state index contributed by atoms with van der Waals surface area (Å²) in [5.74, 6) is -1.46. The van der Waals surface area contributed by atoms with E-state index in [1.165, 1.54) is 6.92 Å². The Bertz CT molecular complexity index is 438. The van der Waals surface area contributed by atoms with Gasteiger partial charge in [0.1, 0.15) is 17.6 Å². The Morgan fingerprint density at radius 2 is 2.27 bits per heavy atom. The van der Waals surface area contributed by atoms with Crippen LogP contribution in [0.4, 0.5) is 8.78 Å². The molecule has 1 aromatic carbocycles. The monoisotopic (exact) mass is 211 g/mol. The summed E-state index contributed by atoms with van der Waals surface area (Å²) in [5, 5.41) is 8.53. The molecule has 78 valence electrons. The summed E-state index contributed by atoms with van der Waals surface area (Å²) in [6.07, 6.45) is 0. The fourth-order valence-corrected chi connectivity index (χ4v) is 1.09. The lowest BCUT2D eigenvalue weighted by atomic mass is 10.1. The first-order valence-electron chi connectivity index (χ1n) is 4.03. The van der Waals surface area contributed by atoms with Gasteiger partial charge in [-0.2, -0.15) is 5.26 Å². The SMILES string of the molecule is CC(=O)c1cc(C#N)c(F)cc1OCF. The first kappa shape index (κ1) is 11.1. The van der Waals surface area contributed by atoms with Gasteiger partial charge in [0.25, 0.3) is 0 Å². The van der Waals surface area contributed by atoms with E-state index in [-0.39, 0.29) is 16.9 Å². The summed E-state index contributed by atoms with van der Waals surface area (Å²) in [7, 11) is 0. The number of hydrogen-bond acceptors (Lipinski definition) is 3. The van der Waals surface area contributed by atoms with Gasteiger partial charge in [0.05, 0.1) is 11.1 Å². The van der Waals surface area contributed by atoms with E-state index in [9.17, 15) is 13.6 Å². The van der Waals surface area contributed by atoms with Crippen molar-refractivity contribution in [2.75, 3.05) is 6.86 Å². The molecule has 0 amide bonds. The molecular weight excluding hydrogens is 204 g/mol. The Balaban J connectivity index is 3.33. The minimum Gasteiger partial charge on any atom is -0.462 e. The highest BCUT2D eigenvalue weighted by Gasteiger charge is 2.14. The van der Waals surface area contributed by atoms with Crippen LogP contribution in [-0.4, -0.2) is 12.6 Å². The maximum absolute atomic E-state index is 13.1. The van der Waals surface area contributed by atoms with Gasteiger partial charge in [0.2, 0.25) is 6.86 Å². The lowest BCUT2D eigenvalue weighted by Gasteiger charge is -2.07. The third-order valence-electron chi connectivity index (χ3n) is 1.78. The lowest BCUT2D eigenvalue weighted by Crippen LogP contribution is -2.02. The first-order valence-corrected chi connectivity index (χ1v) is 4.03. The van der Waals surface area contributed by atoms with Crippen molar-refractivity contribution < 1.29 is 18.3 Å². The number of Topliss-reactive ketones (excluding diaryl/α,β-unsaturated/α-hetero) is 1. The smallest absolute Gasteiger partial charge is 0.228 e. The number of ketones is 1. The Morgan fingerprint density at radius 1 is 1.60 bits per heavy atom. The highest BCUT2D eigenvalue weighted by atomic mass is 19.1. The second-order valence-electron chi connectivity index (χ2n) is 2.75. The van der Waals surface area contributed by atoms with Gasteiger partial charge in [-0.1, -0.05) is 0 Å². The van der Waals surface area contributed by atoms with E-state index in [2.05, 4.69) is 4.74 Å². The third kappa shape index (κ3) is 2.29. The molecule has 3 nitrogen and oxygen atoms in total. The van der Waals surface area contributed by atoms with Gasteiger partial charge < -0.3 is 4.74 Å². The quantitative estimate of drug-likeness (QED) is 0.720. The van der Waals surface area contributed by atoms with Crippen molar-refractivity contribution in [2.24, 2.45) is 0 Å². The van der Waals surface area contributed by atoms with Crippen LogP contribution in [0.15, 0.2) is 12.1 Å². The third-order valence-corrected chi connectivity index (χ3v) is 1.78. The number of carbonyl (C=O) groups is 1. The molecule has 0 spiro atoms. The molecule has 0 aliphatic heterocycles. The van der Waals surface area contributed by atoms with Gasteiger partial charge in [0.15, 0.2) is 5.78 Å². The molecule has 0 fully saturated rings. The lowest BCUT2D eigenvalue weighted by molar-refractivity contribution is 0.101. The van der Waals surface area contributed by atoms with Crippen molar-refractivity contribution in [3.05, 3.63) is 29.1 Å². The molecule has 0 aromatic heterocycles. The molecule has 1 rings (SSSR count). The number of halogens is 2. The Hall–Kier alpha value is -1.96. The standard InChI is InChI=1S/C10H7F2NO2/c1-6(14)8-2-7(4-13)9(12)3-10(8)15-5-11/h2-3H,5H2,1H3. The van der Waals surface area contributed by atoms with Crippen molar-refractivity contribution in [3.63, 3.8) is 0 Å². The zero-order chi connectivity index (χ0) is 11.4. The van der Waals surface area contributed by atoms with Crippen molar-refractivity contribution in [1.82, 2.24) is 0 Å². The molecule has 0 radical (unpaired) electrons. The van der Waals surface area contributed by atoms with Crippen molar-refractivity contribution in [1.29, 1.82) is 5.26 Å². The molecule has 0 N–H and O–H groups in total. The predicted molar refractivity (Wildman–Crippen MR) is 47.7 cm³/mol. The number of hydrogen-bond donors (Lipinski definition) is 0. The molecule has 0 bridgehead atoms. The van der Waals surface area contributed by atoms with Crippen LogP contribution in [0, 0.1) is 17.1 Å². The molecular formula is C10H7F2NO2. The van der Waals surface area contributed by atoms with Crippen LogP contribution < -0.4 is 4.74 Å². The van der Waals surface area contributed by atoms with Crippen LogP contribution in [0.25, 0.3) is 0 Å². The van der Waals surface area contributed by atoms with E-state index in [0.29, 0.717) is 0 Å². The fourth-order valence-electron chi connectivity index (χ4n) is 1.09. The largest absolute Gasteiger partial charge is 0.462 e. The molecule has 0 unspecified atom stereocenters. The average Bonchev–Trinajstić information content (AvgIpc) is 2.18. The number of rotatable bonds is 3. The Kier molecular flexibility index (Phi) is 3.34. The first-order chi connectivity index (χ1) is 7.10. The molecule has 1 aromatic rings. The van der Waals surface area contributed by atoms with Crippen molar-refractivity contribution >= 4 is 5.78 Å². The summed E-state index contributed by atoms with van der Waals surface area (Å²) < 4.78 is 29.4. The number of alkyl halides is 1. The molecule has 0 saturated heterocycles. The molecule has 0 heterocycles. The Labute approximate surface area is 84.9 Å². The molecule has 0 aliphatic carbocycles. The highest BCUT2D eigenvalue weighted by molar-refractivity contribution is 5.97. The van der Waals surface area contributed by atoms with E-state index in [1.54, 1.807) is 6.07 Å². The van der Waals surface area contributed by atoms with Gasteiger partial charge in [0, 0.05) is 6.07 Å². The van der Waals surface area contributed by atoms with Crippen LogP contribution in [0.1, 0.15) is 22.8 Å². The normalized spacial score (nSPS) is 9.47. The number of nitriles is 1. The topological polar surface area (TPSA) is 50.1 Å². The summed E-state index contributed by atoms with van der Waals surface area (Å²) in [5.41, 5.74) is -0.281. The zero-order valence-corrected chi connectivity index (χ0v) is 7.88. The molecule has 0 atom stereocenters. The predicted octanol–water partition coefficient (Wildman–Crippen LogP) is 2.21. The van der Waals surface area contributed by atoms with E-state index in [0.717, 1.165) is 12.1 Å². The second kappa shape index (κ2) is 4.51. The maximum Gasteiger partial charge on any atom is 0.228 e. The maximum atomic E-state index is 13.1. The van der Waals surface area contributed by atoms with Gasteiger partial charge in [-0.3, -0.25) is 4.79 Å². The number of nitrogens with zero attached hydrogens (tertiary/aromatic N) is 1. The second-order valence-corrected chi connectivity index (χ2v) is 2.75. The average molecular weight is 211 g/mol. The van der Waals surface area contributed by atoms with E-state index >= 15 is 0 Å². The fraction of sp³-hybridized carbons (Fsp3) is 0.200. The van der Waals surface area contributed by atoms with Gasteiger partial charge in [-0.25, -0.2) is 8.78 Å². The Morgan fingerprint density at radius 3 is 2.73 bits per heavy atom. The van der Waals surface area contributed by atoms with Crippen molar-refractivity contribution in [3.8, 4) is 11.8 Å². The van der Waals surface area contributed by atoms with E-state index < -0.39 is 18.5 Å². The van der Waals surface area contributed by atoms with Gasteiger partial charge >= 0.3 is 0 Å². The van der Waals surface area contributed by atoms with Gasteiger partial charge in [-0.15, -0.1) is 0 Å². The minimum atomic E-state index is -1.16. The van der Waals surface area contributed by atoms with Crippen LogP contribution in [0.3, 0.4) is 0 Å². The van der Waals surface area contributed by atoms with E-state index in [1.807, 2.05) is 0 Å². The minimum absolute atomic E-state index is 0.00870. The molecule has 0 aliphatic rings. The molecule has 0 saturated carbocycles. The van der Waals surface area contributed by atoms with Crippen LogP contribution in [-0.2, 0) is 0 Å². The molecule has 5 heteroatoms. The highest BCUT2D eigenvalue weighted by Crippen LogP contribution is 2.23. The van der Waals surface area contributed by atoms with Crippen LogP contribution in [0.2, 0.25) is 0 Å². The summed E-state index contributed by atoms with van der Waals surface area (Å²) in [6.45, 7) is 0.0606. The van der Waals surface area contributed by atoms with Gasteiger partial charge in [-0.05, 0) is 13.0 Å². The van der Waals surface area contributed by atoms with Crippen molar-refractivity contribution in [2.45, 2.75) is 6.92 Å². The van der Waals surface area contributed by atoms with Crippen LogP contribution >= 0.6 is 0 Å². The summed E-state index contributed by atoms with van der Waals surface area (Å²) in [4.78, 5) is 11.1.